The van der Waals surface area contributed by atoms with Gasteiger partial charge in [0.1, 0.15) is 0 Å². The molecule has 3 rings (SSSR count). The van der Waals surface area contributed by atoms with Crippen LogP contribution >= 0.6 is 0 Å². The average Bonchev–Trinajstić information content (AvgIpc) is 3.07. The molecule has 0 spiro atoms. The van der Waals surface area contributed by atoms with Crippen molar-refractivity contribution in [3.05, 3.63) is 42.1 Å². The number of carbonyl (C=O) groups excluding carboxylic acids is 1. The van der Waals surface area contributed by atoms with Gasteiger partial charge in [-0.2, -0.15) is 0 Å². The Balaban J connectivity index is 1.74. The average molecular weight is 311 g/mol. The van der Waals surface area contributed by atoms with Crippen LogP contribution < -0.4 is 0 Å². The molecule has 4 nitrogen and oxygen atoms in total. The minimum Gasteiger partial charge on any atom is -0.338 e. The molecule has 2 heterocycles. The molecule has 1 saturated heterocycles. The van der Waals surface area contributed by atoms with Gasteiger partial charge in [-0.05, 0) is 37.6 Å². The maximum atomic E-state index is 12.9. The Morgan fingerprint density at radius 2 is 2.04 bits per heavy atom. The van der Waals surface area contributed by atoms with Crippen molar-refractivity contribution in [2.24, 2.45) is 5.92 Å². The first-order chi connectivity index (χ1) is 11.2. The van der Waals surface area contributed by atoms with Crippen LogP contribution in [0.15, 0.2) is 36.5 Å². The highest BCUT2D eigenvalue weighted by Crippen LogP contribution is 2.23. The molecule has 1 unspecified atom stereocenters. The SMILES string of the molecule is CCN(CC)CC1CCN(C(=O)c2cccc3cccnc23)C1. The van der Waals surface area contributed by atoms with E-state index in [1.54, 1.807) is 6.20 Å². The number of hydrogen-bond acceptors (Lipinski definition) is 3. The number of benzene rings is 1. The number of carbonyl (C=O) groups is 1. The van der Waals surface area contributed by atoms with E-state index in [1.165, 1.54) is 0 Å². The van der Waals surface area contributed by atoms with Crippen LogP contribution in [0, 0.1) is 5.92 Å². The number of nitrogens with zero attached hydrogens (tertiary/aromatic N) is 3. The van der Waals surface area contributed by atoms with Crippen LogP contribution in [0.2, 0.25) is 0 Å². The third-order valence-corrected chi connectivity index (χ3v) is 4.85. The van der Waals surface area contributed by atoms with Gasteiger partial charge < -0.3 is 9.80 Å². The van der Waals surface area contributed by atoms with Crippen LogP contribution in [0.4, 0.5) is 0 Å². The zero-order chi connectivity index (χ0) is 16.2. The molecule has 1 aromatic carbocycles. The maximum absolute atomic E-state index is 12.9. The Bertz CT molecular complexity index is 676. The summed E-state index contributed by atoms with van der Waals surface area (Å²) in [7, 11) is 0. The molecule has 4 heteroatoms. The predicted molar refractivity (Wildman–Crippen MR) is 93.5 cm³/mol. The molecule has 1 aliphatic rings. The first kappa shape index (κ1) is 15.9. The fraction of sp³-hybridized carbons (Fsp3) is 0.474. The van der Waals surface area contributed by atoms with Gasteiger partial charge in [0, 0.05) is 31.2 Å². The lowest BCUT2D eigenvalue weighted by Gasteiger charge is -2.23. The summed E-state index contributed by atoms with van der Waals surface area (Å²) in [4.78, 5) is 21.8. The smallest absolute Gasteiger partial charge is 0.256 e. The number of rotatable bonds is 5. The standard InChI is InChI=1S/C19H25N3O/c1-3-21(4-2)13-15-10-12-22(14-15)19(23)17-9-5-7-16-8-6-11-20-18(16)17/h5-9,11,15H,3-4,10,12-14H2,1-2H3. The number of likely N-dealkylation sites (tertiary alicyclic amines) is 1. The molecule has 23 heavy (non-hydrogen) atoms. The molecular formula is C19H25N3O. The first-order valence-corrected chi connectivity index (χ1v) is 8.58. The van der Waals surface area contributed by atoms with Crippen molar-refractivity contribution >= 4 is 16.8 Å². The van der Waals surface area contributed by atoms with Gasteiger partial charge in [0.15, 0.2) is 0 Å². The molecule has 122 valence electrons. The summed E-state index contributed by atoms with van der Waals surface area (Å²) in [6.07, 6.45) is 2.85. The van der Waals surface area contributed by atoms with Gasteiger partial charge in [-0.1, -0.05) is 32.0 Å². The summed E-state index contributed by atoms with van der Waals surface area (Å²) in [5, 5.41) is 1.03. The van der Waals surface area contributed by atoms with Crippen LogP contribution in [0.25, 0.3) is 10.9 Å². The third-order valence-electron chi connectivity index (χ3n) is 4.85. The maximum Gasteiger partial charge on any atom is 0.256 e. The zero-order valence-electron chi connectivity index (χ0n) is 14.0. The Hall–Kier alpha value is -1.94. The number of fused-ring (bicyclic) bond motifs is 1. The van der Waals surface area contributed by atoms with Gasteiger partial charge >= 0.3 is 0 Å². The van der Waals surface area contributed by atoms with E-state index in [9.17, 15) is 4.79 Å². The molecule has 0 N–H and O–H groups in total. The number of amides is 1. The van der Waals surface area contributed by atoms with Gasteiger partial charge in [-0.3, -0.25) is 9.78 Å². The van der Waals surface area contributed by atoms with Crippen LogP contribution in [0.5, 0.6) is 0 Å². The van der Waals surface area contributed by atoms with E-state index in [0.29, 0.717) is 5.92 Å². The van der Waals surface area contributed by atoms with E-state index < -0.39 is 0 Å². The lowest BCUT2D eigenvalue weighted by molar-refractivity contribution is 0.0785. The van der Waals surface area contributed by atoms with Crippen LogP contribution in [0.3, 0.4) is 0 Å². The van der Waals surface area contributed by atoms with Crippen molar-refractivity contribution in [3.63, 3.8) is 0 Å². The van der Waals surface area contributed by atoms with Crippen molar-refractivity contribution < 1.29 is 4.79 Å². The Labute approximate surface area is 138 Å². The lowest BCUT2D eigenvalue weighted by Crippen LogP contribution is -2.33. The van der Waals surface area contributed by atoms with Gasteiger partial charge in [0.2, 0.25) is 0 Å². The molecule has 0 bridgehead atoms. The molecule has 1 fully saturated rings. The van der Waals surface area contributed by atoms with Crippen molar-refractivity contribution in [1.29, 1.82) is 0 Å². The second kappa shape index (κ2) is 7.09. The van der Waals surface area contributed by atoms with E-state index in [-0.39, 0.29) is 5.91 Å². The lowest BCUT2D eigenvalue weighted by atomic mass is 10.1. The monoisotopic (exact) mass is 311 g/mol. The van der Waals surface area contributed by atoms with Crippen molar-refractivity contribution in [1.82, 2.24) is 14.8 Å². The fourth-order valence-electron chi connectivity index (χ4n) is 3.46. The van der Waals surface area contributed by atoms with E-state index >= 15 is 0 Å². The topological polar surface area (TPSA) is 36.4 Å². The minimum absolute atomic E-state index is 0.122. The molecule has 1 aromatic heterocycles. The first-order valence-electron chi connectivity index (χ1n) is 8.58. The van der Waals surface area contributed by atoms with Crippen LogP contribution in [-0.4, -0.2) is 53.4 Å². The van der Waals surface area contributed by atoms with Gasteiger partial charge in [0.25, 0.3) is 5.91 Å². The zero-order valence-corrected chi connectivity index (χ0v) is 14.0. The van der Waals surface area contributed by atoms with Gasteiger partial charge in [0.05, 0.1) is 11.1 Å². The van der Waals surface area contributed by atoms with Crippen molar-refractivity contribution in [3.8, 4) is 0 Å². The van der Waals surface area contributed by atoms with E-state index in [1.807, 2.05) is 35.2 Å². The Morgan fingerprint density at radius 3 is 2.83 bits per heavy atom. The molecular weight excluding hydrogens is 286 g/mol. The summed E-state index contributed by atoms with van der Waals surface area (Å²) >= 11 is 0. The molecule has 0 saturated carbocycles. The summed E-state index contributed by atoms with van der Waals surface area (Å²) in [5.74, 6) is 0.707. The summed E-state index contributed by atoms with van der Waals surface area (Å²) < 4.78 is 0. The van der Waals surface area contributed by atoms with E-state index in [0.717, 1.165) is 55.6 Å². The number of aromatic nitrogens is 1. The Kier molecular flexibility index (Phi) is 4.91. The summed E-state index contributed by atoms with van der Waals surface area (Å²) in [6, 6.07) is 9.77. The van der Waals surface area contributed by atoms with E-state index in [2.05, 4.69) is 23.7 Å². The highest BCUT2D eigenvalue weighted by molar-refractivity contribution is 6.05. The predicted octanol–water partition coefficient (Wildman–Crippen LogP) is 3.04. The molecule has 0 radical (unpaired) electrons. The molecule has 0 aliphatic carbocycles. The largest absolute Gasteiger partial charge is 0.338 e. The number of pyridine rings is 1. The fourth-order valence-corrected chi connectivity index (χ4v) is 3.46. The molecule has 1 amide bonds. The minimum atomic E-state index is 0.122. The molecule has 1 atom stereocenters. The molecule has 2 aromatic rings. The van der Waals surface area contributed by atoms with E-state index in [4.69, 9.17) is 0 Å². The van der Waals surface area contributed by atoms with Crippen LogP contribution in [-0.2, 0) is 0 Å². The quantitative estimate of drug-likeness (QED) is 0.851. The normalized spacial score (nSPS) is 18.0. The number of para-hydroxylation sites is 1. The van der Waals surface area contributed by atoms with Crippen molar-refractivity contribution in [2.45, 2.75) is 20.3 Å². The Morgan fingerprint density at radius 1 is 1.26 bits per heavy atom. The molecule has 1 aliphatic heterocycles. The van der Waals surface area contributed by atoms with Gasteiger partial charge in [-0.25, -0.2) is 0 Å². The summed E-state index contributed by atoms with van der Waals surface area (Å²) in [5.41, 5.74) is 1.54. The highest BCUT2D eigenvalue weighted by atomic mass is 16.2. The highest BCUT2D eigenvalue weighted by Gasteiger charge is 2.28. The third kappa shape index (κ3) is 3.37. The second-order valence-electron chi connectivity index (χ2n) is 6.27. The second-order valence-corrected chi connectivity index (χ2v) is 6.27. The van der Waals surface area contributed by atoms with Gasteiger partial charge in [-0.15, -0.1) is 0 Å². The number of hydrogen-bond donors (Lipinski definition) is 0. The van der Waals surface area contributed by atoms with Crippen molar-refractivity contribution in [2.75, 3.05) is 32.7 Å². The summed E-state index contributed by atoms with van der Waals surface area (Å²) in [6.45, 7) is 9.35. The van der Waals surface area contributed by atoms with Crippen LogP contribution in [0.1, 0.15) is 30.6 Å².